The molecule has 0 fully saturated rings. The molecule has 140 valence electrons. The van der Waals surface area contributed by atoms with Gasteiger partial charge in [-0.25, -0.2) is 4.98 Å². The van der Waals surface area contributed by atoms with E-state index < -0.39 is 0 Å². The zero-order valence-electron chi connectivity index (χ0n) is 16.3. The van der Waals surface area contributed by atoms with E-state index in [-0.39, 0.29) is 5.91 Å². The van der Waals surface area contributed by atoms with E-state index in [1.807, 2.05) is 61.5 Å². The summed E-state index contributed by atoms with van der Waals surface area (Å²) in [6, 6.07) is 22.0. The molecule has 1 aromatic heterocycles. The number of hydrogen-bond acceptors (Lipinski definition) is 3. The normalized spacial score (nSPS) is 11.0. The highest BCUT2D eigenvalue weighted by molar-refractivity contribution is 7.22. The van der Waals surface area contributed by atoms with E-state index in [0.717, 1.165) is 32.0 Å². The molecule has 4 heteroatoms. The van der Waals surface area contributed by atoms with Crippen molar-refractivity contribution in [2.75, 3.05) is 4.90 Å². The number of carbonyl (C=O) groups is 1. The summed E-state index contributed by atoms with van der Waals surface area (Å²) in [5.74, 6) is -0.0260. The topological polar surface area (TPSA) is 33.2 Å². The predicted molar refractivity (Wildman–Crippen MR) is 117 cm³/mol. The highest BCUT2D eigenvalue weighted by Gasteiger charge is 2.22. The lowest BCUT2D eigenvalue weighted by Crippen LogP contribution is -2.30. The van der Waals surface area contributed by atoms with E-state index in [1.54, 1.807) is 16.2 Å². The van der Waals surface area contributed by atoms with Gasteiger partial charge in [-0.05, 0) is 49.6 Å². The van der Waals surface area contributed by atoms with Crippen LogP contribution in [0.25, 0.3) is 10.2 Å². The van der Waals surface area contributed by atoms with Gasteiger partial charge in [0.15, 0.2) is 5.13 Å². The minimum atomic E-state index is -0.0260. The number of carbonyl (C=O) groups excluding carboxylic acids is 1. The largest absolute Gasteiger partial charge is 0.279 e. The van der Waals surface area contributed by atoms with Crippen LogP contribution >= 0.6 is 11.3 Å². The van der Waals surface area contributed by atoms with Crippen molar-refractivity contribution in [3.8, 4) is 0 Å². The standard InChI is InChI=1S/C24H22N2OS/c1-16-8-7-11-20(14-16)23(27)26(15-19-9-5-4-6-10-19)24-25-21-17(2)12-13-18(3)22(21)28-24/h4-14H,15H2,1-3H3. The molecule has 0 bridgehead atoms. The molecular formula is C24H22N2OS. The van der Waals surface area contributed by atoms with Crippen LogP contribution in [-0.2, 0) is 6.54 Å². The van der Waals surface area contributed by atoms with E-state index >= 15 is 0 Å². The molecule has 0 aliphatic rings. The van der Waals surface area contributed by atoms with Crippen LogP contribution in [-0.4, -0.2) is 10.9 Å². The number of fused-ring (bicyclic) bond motifs is 1. The molecule has 0 spiro atoms. The molecule has 3 aromatic carbocycles. The minimum Gasteiger partial charge on any atom is -0.279 e. The van der Waals surface area contributed by atoms with Crippen LogP contribution in [0.1, 0.15) is 32.6 Å². The van der Waals surface area contributed by atoms with E-state index in [0.29, 0.717) is 12.1 Å². The van der Waals surface area contributed by atoms with Gasteiger partial charge in [0, 0.05) is 5.56 Å². The molecule has 0 aliphatic heterocycles. The average molecular weight is 387 g/mol. The molecule has 0 aliphatic carbocycles. The summed E-state index contributed by atoms with van der Waals surface area (Å²) < 4.78 is 1.14. The number of rotatable bonds is 4. The van der Waals surface area contributed by atoms with Gasteiger partial charge >= 0.3 is 0 Å². The Bertz CT molecular complexity index is 1110. The maximum absolute atomic E-state index is 13.4. The molecule has 28 heavy (non-hydrogen) atoms. The lowest BCUT2D eigenvalue weighted by molar-refractivity contribution is 0.0985. The third-order valence-corrected chi connectivity index (χ3v) is 6.07. The van der Waals surface area contributed by atoms with Crippen molar-refractivity contribution >= 4 is 32.6 Å². The van der Waals surface area contributed by atoms with E-state index in [4.69, 9.17) is 4.98 Å². The Morgan fingerprint density at radius 3 is 2.39 bits per heavy atom. The molecule has 4 rings (SSSR count). The van der Waals surface area contributed by atoms with Gasteiger partial charge < -0.3 is 0 Å². The number of amides is 1. The van der Waals surface area contributed by atoms with Gasteiger partial charge in [-0.3, -0.25) is 9.69 Å². The van der Waals surface area contributed by atoms with Crippen LogP contribution in [0.5, 0.6) is 0 Å². The zero-order valence-corrected chi connectivity index (χ0v) is 17.1. The Labute approximate surface area is 169 Å². The number of benzene rings is 3. The molecule has 0 saturated heterocycles. The molecule has 1 amide bonds. The van der Waals surface area contributed by atoms with Crippen LogP contribution in [0.2, 0.25) is 0 Å². The monoisotopic (exact) mass is 386 g/mol. The highest BCUT2D eigenvalue weighted by Crippen LogP contribution is 2.34. The summed E-state index contributed by atoms with van der Waals surface area (Å²) in [7, 11) is 0. The molecule has 0 unspecified atom stereocenters. The van der Waals surface area contributed by atoms with Crippen LogP contribution in [0.4, 0.5) is 5.13 Å². The lowest BCUT2D eigenvalue weighted by Gasteiger charge is -2.20. The van der Waals surface area contributed by atoms with E-state index in [2.05, 4.69) is 26.0 Å². The number of aryl methyl sites for hydroxylation is 3. The average Bonchev–Trinajstić information content (AvgIpc) is 3.16. The summed E-state index contributed by atoms with van der Waals surface area (Å²) in [5, 5.41) is 0.739. The Morgan fingerprint density at radius 2 is 1.68 bits per heavy atom. The third-order valence-electron chi connectivity index (χ3n) is 4.86. The van der Waals surface area contributed by atoms with Gasteiger partial charge in [-0.2, -0.15) is 0 Å². The highest BCUT2D eigenvalue weighted by atomic mass is 32.1. The number of anilines is 1. The molecular weight excluding hydrogens is 364 g/mol. The Kier molecular flexibility index (Phi) is 4.97. The first-order chi connectivity index (χ1) is 13.5. The van der Waals surface area contributed by atoms with E-state index in [9.17, 15) is 4.79 Å². The van der Waals surface area contributed by atoms with Gasteiger partial charge in [-0.1, -0.05) is 71.5 Å². The van der Waals surface area contributed by atoms with Crippen LogP contribution in [0.15, 0.2) is 66.7 Å². The van der Waals surface area contributed by atoms with Crippen molar-refractivity contribution in [1.29, 1.82) is 0 Å². The Hall–Kier alpha value is -2.98. The van der Waals surface area contributed by atoms with Crippen LogP contribution in [0.3, 0.4) is 0 Å². The van der Waals surface area contributed by atoms with Crippen molar-refractivity contribution < 1.29 is 4.79 Å². The maximum Gasteiger partial charge on any atom is 0.260 e. The van der Waals surface area contributed by atoms with Gasteiger partial charge in [0.05, 0.1) is 16.8 Å². The zero-order chi connectivity index (χ0) is 19.7. The third kappa shape index (κ3) is 3.56. The first kappa shape index (κ1) is 18.4. The van der Waals surface area contributed by atoms with Gasteiger partial charge in [-0.15, -0.1) is 0 Å². The van der Waals surface area contributed by atoms with Gasteiger partial charge in [0.2, 0.25) is 0 Å². The van der Waals surface area contributed by atoms with Crippen molar-refractivity contribution in [2.45, 2.75) is 27.3 Å². The summed E-state index contributed by atoms with van der Waals surface area (Å²) in [5.41, 5.74) is 6.13. The number of nitrogens with zero attached hydrogens (tertiary/aromatic N) is 2. The van der Waals surface area contributed by atoms with Crippen LogP contribution < -0.4 is 4.90 Å². The number of hydrogen-bond donors (Lipinski definition) is 0. The molecule has 4 aromatic rings. The first-order valence-corrected chi connectivity index (χ1v) is 10.1. The van der Waals surface area contributed by atoms with E-state index in [1.165, 1.54) is 5.56 Å². The summed E-state index contributed by atoms with van der Waals surface area (Å²) in [4.78, 5) is 20.1. The quantitative estimate of drug-likeness (QED) is 0.426. The summed E-state index contributed by atoms with van der Waals surface area (Å²) in [6.45, 7) is 6.65. The summed E-state index contributed by atoms with van der Waals surface area (Å²) in [6.07, 6.45) is 0. The van der Waals surface area contributed by atoms with Gasteiger partial charge in [0.1, 0.15) is 0 Å². The molecule has 0 N–H and O–H groups in total. The first-order valence-electron chi connectivity index (χ1n) is 9.32. The molecule has 1 heterocycles. The fourth-order valence-electron chi connectivity index (χ4n) is 3.29. The van der Waals surface area contributed by atoms with Crippen molar-refractivity contribution in [1.82, 2.24) is 4.98 Å². The van der Waals surface area contributed by atoms with Crippen molar-refractivity contribution in [3.63, 3.8) is 0 Å². The second-order valence-corrected chi connectivity index (χ2v) is 8.10. The van der Waals surface area contributed by atoms with Crippen LogP contribution in [0, 0.1) is 20.8 Å². The second kappa shape index (κ2) is 7.56. The molecule has 0 atom stereocenters. The SMILES string of the molecule is Cc1cccc(C(=O)N(Cc2ccccc2)c2nc3c(C)ccc(C)c3s2)c1. The number of aromatic nitrogens is 1. The Morgan fingerprint density at radius 1 is 0.929 bits per heavy atom. The Balaban J connectivity index is 1.82. The molecule has 3 nitrogen and oxygen atoms in total. The second-order valence-electron chi connectivity index (χ2n) is 7.12. The predicted octanol–water partition coefficient (Wildman–Crippen LogP) is 6.07. The smallest absolute Gasteiger partial charge is 0.260 e. The minimum absolute atomic E-state index is 0.0260. The molecule has 0 saturated carbocycles. The fraction of sp³-hybridized carbons (Fsp3) is 0.167. The van der Waals surface area contributed by atoms with Crippen molar-refractivity contribution in [2.24, 2.45) is 0 Å². The molecule has 0 radical (unpaired) electrons. The lowest BCUT2D eigenvalue weighted by atomic mass is 10.1. The van der Waals surface area contributed by atoms with Crippen molar-refractivity contribution in [3.05, 3.63) is 94.5 Å². The van der Waals surface area contributed by atoms with Gasteiger partial charge in [0.25, 0.3) is 5.91 Å². The number of thiazole rings is 1. The maximum atomic E-state index is 13.4. The fourth-order valence-corrected chi connectivity index (χ4v) is 4.40. The summed E-state index contributed by atoms with van der Waals surface area (Å²) >= 11 is 1.59.